The number of benzene rings is 2. The van der Waals surface area contributed by atoms with E-state index in [4.69, 9.17) is 27.9 Å². The van der Waals surface area contributed by atoms with Crippen LogP contribution in [0.25, 0.3) is 0 Å². The Balaban J connectivity index is 1.96. The van der Waals surface area contributed by atoms with Crippen molar-refractivity contribution in [2.24, 2.45) is 0 Å². The van der Waals surface area contributed by atoms with Crippen molar-refractivity contribution in [1.82, 2.24) is 10.2 Å². The second-order valence-corrected chi connectivity index (χ2v) is 7.50. The van der Waals surface area contributed by atoms with Crippen LogP contribution in [0.2, 0.25) is 10.0 Å². The Bertz CT molecular complexity index is 795. The lowest BCUT2D eigenvalue weighted by molar-refractivity contribution is -0.140. The molecule has 5 nitrogen and oxygen atoms in total. The van der Waals surface area contributed by atoms with Crippen LogP contribution in [0.5, 0.6) is 5.75 Å². The second-order valence-electron chi connectivity index (χ2n) is 6.62. The summed E-state index contributed by atoms with van der Waals surface area (Å²) in [6.07, 6.45) is 0.825. The maximum Gasteiger partial charge on any atom is 0.242 e. The first kappa shape index (κ1) is 23.0. The van der Waals surface area contributed by atoms with Gasteiger partial charge in [-0.05, 0) is 62.2 Å². The zero-order valence-electron chi connectivity index (χ0n) is 16.7. The van der Waals surface area contributed by atoms with Gasteiger partial charge in [0.2, 0.25) is 11.8 Å². The van der Waals surface area contributed by atoms with E-state index in [-0.39, 0.29) is 18.2 Å². The Hall–Kier alpha value is -2.24. The van der Waals surface area contributed by atoms with Gasteiger partial charge >= 0.3 is 0 Å². The van der Waals surface area contributed by atoms with Gasteiger partial charge in [0.25, 0.3) is 0 Å². The third kappa shape index (κ3) is 7.59. The predicted molar refractivity (Wildman–Crippen MR) is 116 cm³/mol. The summed E-state index contributed by atoms with van der Waals surface area (Å²) in [7, 11) is 0. The van der Waals surface area contributed by atoms with Gasteiger partial charge in [0.05, 0.1) is 6.61 Å². The van der Waals surface area contributed by atoms with Gasteiger partial charge in [0, 0.05) is 29.6 Å². The number of nitrogens with zero attached hydrogens (tertiary/aromatic N) is 1. The summed E-state index contributed by atoms with van der Waals surface area (Å²) in [6, 6.07) is 13.8. The molecule has 0 aliphatic rings. The zero-order chi connectivity index (χ0) is 21.2. The van der Waals surface area contributed by atoms with E-state index in [0.717, 1.165) is 5.56 Å². The molecule has 2 amide bonds. The lowest BCUT2D eigenvalue weighted by Crippen LogP contribution is -2.47. The van der Waals surface area contributed by atoms with Crippen molar-refractivity contribution in [2.45, 2.75) is 39.3 Å². The van der Waals surface area contributed by atoms with Gasteiger partial charge in [-0.1, -0.05) is 35.3 Å². The number of amides is 2. The number of likely N-dealkylation sites (N-methyl/N-ethyl adjacent to an activating group) is 1. The van der Waals surface area contributed by atoms with Crippen molar-refractivity contribution in [3.8, 4) is 5.75 Å². The number of ether oxygens (including phenoxy) is 1. The highest BCUT2D eigenvalue weighted by atomic mass is 35.5. The topological polar surface area (TPSA) is 58.6 Å². The fourth-order valence-electron chi connectivity index (χ4n) is 2.78. The minimum atomic E-state index is -0.574. The first-order valence-electron chi connectivity index (χ1n) is 9.60. The van der Waals surface area contributed by atoms with Gasteiger partial charge in [0.15, 0.2) is 0 Å². The number of halogens is 2. The average Bonchev–Trinajstić information content (AvgIpc) is 2.71. The molecule has 0 bridgehead atoms. The van der Waals surface area contributed by atoms with Gasteiger partial charge in [-0.3, -0.25) is 9.59 Å². The molecule has 1 atom stereocenters. The summed E-state index contributed by atoms with van der Waals surface area (Å²) in [6.45, 7) is 4.85. The van der Waals surface area contributed by atoms with Crippen molar-refractivity contribution >= 4 is 35.0 Å². The molecule has 2 aromatic carbocycles. The molecule has 2 rings (SSSR count). The van der Waals surface area contributed by atoms with Crippen LogP contribution in [-0.2, 0) is 16.1 Å². The maximum atomic E-state index is 12.9. The minimum absolute atomic E-state index is 0.0987. The summed E-state index contributed by atoms with van der Waals surface area (Å²) < 4.78 is 5.65. The Morgan fingerprint density at radius 2 is 1.62 bits per heavy atom. The maximum absolute atomic E-state index is 12.9. The van der Waals surface area contributed by atoms with Crippen molar-refractivity contribution in [3.63, 3.8) is 0 Å². The van der Waals surface area contributed by atoms with Gasteiger partial charge in [-0.25, -0.2) is 0 Å². The normalized spacial score (nSPS) is 11.6. The molecule has 0 aliphatic heterocycles. The summed E-state index contributed by atoms with van der Waals surface area (Å²) >= 11 is 11.8. The molecule has 1 N–H and O–H groups in total. The van der Waals surface area contributed by atoms with E-state index < -0.39 is 6.04 Å². The van der Waals surface area contributed by atoms with Crippen molar-refractivity contribution in [1.29, 1.82) is 0 Å². The van der Waals surface area contributed by atoms with E-state index in [1.165, 1.54) is 0 Å². The van der Waals surface area contributed by atoms with E-state index >= 15 is 0 Å². The molecular weight excluding hydrogens is 411 g/mol. The van der Waals surface area contributed by atoms with Crippen LogP contribution in [-0.4, -0.2) is 35.9 Å². The average molecular weight is 437 g/mol. The number of carbonyl (C=O) groups excluding carboxylic acids is 2. The van der Waals surface area contributed by atoms with E-state index in [1.54, 1.807) is 48.2 Å². The summed E-state index contributed by atoms with van der Waals surface area (Å²) in [5.41, 5.74) is 0.913. The van der Waals surface area contributed by atoms with Crippen LogP contribution < -0.4 is 10.1 Å². The van der Waals surface area contributed by atoms with Crippen molar-refractivity contribution < 1.29 is 14.3 Å². The number of nitrogens with one attached hydrogen (secondary N) is 1. The highest BCUT2D eigenvalue weighted by molar-refractivity contribution is 6.30. The molecule has 0 aromatic heterocycles. The quantitative estimate of drug-likeness (QED) is 0.548. The number of hydrogen-bond acceptors (Lipinski definition) is 3. The largest absolute Gasteiger partial charge is 0.494 e. The van der Waals surface area contributed by atoms with Crippen LogP contribution >= 0.6 is 23.2 Å². The summed E-state index contributed by atoms with van der Waals surface area (Å²) in [5, 5.41) is 4.05. The Morgan fingerprint density at radius 1 is 1.03 bits per heavy atom. The van der Waals surface area contributed by atoms with E-state index in [9.17, 15) is 9.59 Å². The van der Waals surface area contributed by atoms with Crippen molar-refractivity contribution in [2.75, 3.05) is 13.2 Å². The Morgan fingerprint density at radius 3 is 2.21 bits per heavy atom. The summed E-state index contributed by atoms with van der Waals surface area (Å²) in [4.78, 5) is 26.8. The molecule has 156 valence electrons. The Labute approximate surface area is 181 Å². The van der Waals surface area contributed by atoms with E-state index in [2.05, 4.69) is 5.32 Å². The number of hydrogen-bond donors (Lipinski definition) is 1. The van der Waals surface area contributed by atoms with Crippen molar-refractivity contribution in [3.05, 3.63) is 64.1 Å². The first-order valence-corrected chi connectivity index (χ1v) is 10.4. The van der Waals surface area contributed by atoms with E-state index in [0.29, 0.717) is 41.9 Å². The fourth-order valence-corrected chi connectivity index (χ4v) is 3.03. The molecule has 29 heavy (non-hydrogen) atoms. The molecule has 7 heteroatoms. The lowest BCUT2D eigenvalue weighted by atomic mass is 10.1. The number of carbonyl (C=O) groups is 2. The highest BCUT2D eigenvalue weighted by Crippen LogP contribution is 2.17. The van der Waals surface area contributed by atoms with Crippen LogP contribution in [0, 0.1) is 0 Å². The SMILES string of the molecule is CCNC(=O)C(C)N(Cc1ccc(Cl)cc1)C(=O)CCCOc1ccc(Cl)cc1. The molecule has 0 heterocycles. The zero-order valence-corrected chi connectivity index (χ0v) is 18.2. The van der Waals surface area contributed by atoms with Crippen LogP contribution in [0.15, 0.2) is 48.5 Å². The molecule has 0 saturated carbocycles. The molecule has 1 unspecified atom stereocenters. The van der Waals surface area contributed by atoms with Gasteiger partial charge in [-0.15, -0.1) is 0 Å². The molecular formula is C22H26Cl2N2O3. The summed E-state index contributed by atoms with van der Waals surface area (Å²) in [5.74, 6) is 0.432. The monoisotopic (exact) mass is 436 g/mol. The van der Waals surface area contributed by atoms with Gasteiger partial charge < -0.3 is 15.0 Å². The molecule has 0 spiro atoms. The molecule has 0 saturated heterocycles. The van der Waals surface area contributed by atoms with Crippen LogP contribution in [0.4, 0.5) is 0 Å². The van der Waals surface area contributed by atoms with Crippen LogP contribution in [0.1, 0.15) is 32.3 Å². The third-order valence-electron chi connectivity index (χ3n) is 4.40. The predicted octanol–water partition coefficient (Wildman–Crippen LogP) is 4.71. The fraction of sp³-hybridized carbons (Fsp3) is 0.364. The van der Waals surface area contributed by atoms with Gasteiger partial charge in [0.1, 0.15) is 11.8 Å². The van der Waals surface area contributed by atoms with Gasteiger partial charge in [-0.2, -0.15) is 0 Å². The van der Waals surface area contributed by atoms with E-state index in [1.807, 2.05) is 19.1 Å². The molecule has 0 fully saturated rings. The minimum Gasteiger partial charge on any atom is -0.494 e. The second kappa shape index (κ2) is 11.7. The highest BCUT2D eigenvalue weighted by Gasteiger charge is 2.25. The smallest absolute Gasteiger partial charge is 0.242 e. The molecule has 2 aromatic rings. The number of rotatable bonds is 10. The molecule has 0 aliphatic carbocycles. The first-order chi connectivity index (χ1) is 13.9. The Kier molecular flexibility index (Phi) is 9.29. The molecule has 0 radical (unpaired) electrons. The van der Waals surface area contributed by atoms with Crippen LogP contribution in [0.3, 0.4) is 0 Å². The standard InChI is InChI=1S/C22H26Cl2N2O3/c1-3-25-22(28)16(2)26(15-17-6-8-18(23)9-7-17)21(27)5-4-14-29-20-12-10-19(24)11-13-20/h6-13,16H,3-5,14-15H2,1-2H3,(H,25,28). The lowest BCUT2D eigenvalue weighted by Gasteiger charge is -2.28. The third-order valence-corrected chi connectivity index (χ3v) is 4.91.